The topological polar surface area (TPSA) is 68.8 Å². The van der Waals surface area contributed by atoms with E-state index in [1.165, 1.54) is 5.56 Å². The fraction of sp³-hybridized carbons (Fsp3) is 0.333. The molecule has 150 valence electrons. The molecule has 0 fully saturated rings. The molecule has 7 heteroatoms. The fourth-order valence-electron chi connectivity index (χ4n) is 2.64. The third-order valence-corrected chi connectivity index (χ3v) is 4.25. The molecule has 0 amide bonds. The van der Waals surface area contributed by atoms with Crippen LogP contribution in [0.3, 0.4) is 0 Å². The van der Waals surface area contributed by atoms with Gasteiger partial charge >= 0.3 is 5.97 Å². The van der Waals surface area contributed by atoms with Gasteiger partial charge in [-0.3, -0.25) is 0 Å². The number of hydrogen-bond donors (Lipinski definition) is 2. The number of thiocarbonyl (C=S) groups is 1. The van der Waals surface area contributed by atoms with Crippen LogP contribution in [-0.2, 0) is 11.2 Å². The molecule has 0 aliphatic heterocycles. The largest absolute Gasteiger partial charge is 0.493 e. The number of carbonyl (C=O) groups excluding carboxylic acids is 1. The van der Waals surface area contributed by atoms with Crippen molar-refractivity contribution >= 4 is 29.0 Å². The Balaban J connectivity index is 1.79. The smallest absolute Gasteiger partial charge is 0.338 e. The van der Waals surface area contributed by atoms with Gasteiger partial charge in [-0.25, -0.2) is 4.79 Å². The van der Waals surface area contributed by atoms with Gasteiger partial charge in [0.05, 0.1) is 26.4 Å². The molecule has 0 radical (unpaired) electrons. The van der Waals surface area contributed by atoms with Gasteiger partial charge in [-0.1, -0.05) is 12.1 Å². The van der Waals surface area contributed by atoms with Gasteiger partial charge in [-0.05, 0) is 67.9 Å². The number of aryl methyl sites for hydroxylation is 1. The van der Waals surface area contributed by atoms with Crippen molar-refractivity contribution in [3.8, 4) is 11.5 Å². The van der Waals surface area contributed by atoms with E-state index >= 15 is 0 Å². The molecule has 2 aromatic rings. The van der Waals surface area contributed by atoms with E-state index in [9.17, 15) is 4.79 Å². The Morgan fingerprint density at radius 2 is 1.86 bits per heavy atom. The predicted molar refractivity (Wildman–Crippen MR) is 114 cm³/mol. The van der Waals surface area contributed by atoms with Crippen LogP contribution in [0.5, 0.6) is 11.5 Å². The number of anilines is 1. The fourth-order valence-corrected chi connectivity index (χ4v) is 2.86. The molecule has 0 saturated heterocycles. The predicted octanol–water partition coefficient (Wildman–Crippen LogP) is 3.80. The van der Waals surface area contributed by atoms with Crippen molar-refractivity contribution < 1.29 is 19.0 Å². The molecule has 28 heavy (non-hydrogen) atoms. The normalized spacial score (nSPS) is 10.1. The number of methoxy groups -OCH3 is 2. The average Bonchev–Trinajstić information content (AvgIpc) is 2.71. The third kappa shape index (κ3) is 6.42. The maximum absolute atomic E-state index is 11.8. The van der Waals surface area contributed by atoms with Gasteiger partial charge in [0.15, 0.2) is 16.6 Å². The highest BCUT2D eigenvalue weighted by Gasteiger charge is 2.08. The summed E-state index contributed by atoms with van der Waals surface area (Å²) < 4.78 is 15.6. The quantitative estimate of drug-likeness (QED) is 0.376. The molecule has 0 bridgehead atoms. The number of hydrogen-bond acceptors (Lipinski definition) is 5. The molecule has 0 spiro atoms. The molecular weight excluding hydrogens is 376 g/mol. The molecule has 0 aliphatic carbocycles. The Morgan fingerprint density at radius 3 is 2.57 bits per heavy atom. The summed E-state index contributed by atoms with van der Waals surface area (Å²) in [5.74, 6) is 1.10. The Kier molecular flexibility index (Phi) is 8.55. The average molecular weight is 403 g/mol. The van der Waals surface area contributed by atoms with Crippen LogP contribution in [0.2, 0.25) is 0 Å². The SMILES string of the molecule is CCOC(=O)c1cccc(NC(=S)NCCCc2ccc(OC)c(OC)c2)c1. The Morgan fingerprint density at radius 1 is 1.07 bits per heavy atom. The molecule has 0 heterocycles. The zero-order chi connectivity index (χ0) is 20.4. The van der Waals surface area contributed by atoms with Gasteiger partial charge in [-0.15, -0.1) is 0 Å². The minimum absolute atomic E-state index is 0.344. The van der Waals surface area contributed by atoms with Gasteiger partial charge in [0.1, 0.15) is 0 Å². The first kappa shape index (κ1) is 21.5. The van der Waals surface area contributed by atoms with Gasteiger partial charge in [0, 0.05) is 12.2 Å². The summed E-state index contributed by atoms with van der Waals surface area (Å²) in [7, 11) is 3.25. The van der Waals surface area contributed by atoms with Crippen LogP contribution in [0.4, 0.5) is 5.69 Å². The summed E-state index contributed by atoms with van der Waals surface area (Å²) in [5.41, 5.74) is 2.39. The lowest BCUT2D eigenvalue weighted by Crippen LogP contribution is -2.29. The van der Waals surface area contributed by atoms with Gasteiger partial charge in [-0.2, -0.15) is 0 Å². The van der Waals surface area contributed by atoms with E-state index in [0.29, 0.717) is 17.3 Å². The van der Waals surface area contributed by atoms with Crippen molar-refractivity contribution in [2.75, 3.05) is 32.7 Å². The second-order valence-electron chi connectivity index (χ2n) is 5.98. The maximum Gasteiger partial charge on any atom is 0.338 e. The molecule has 0 aliphatic rings. The van der Waals surface area contributed by atoms with E-state index in [-0.39, 0.29) is 5.97 Å². The van der Waals surface area contributed by atoms with Crippen LogP contribution in [0, 0.1) is 0 Å². The van der Waals surface area contributed by atoms with Crippen LogP contribution in [0.15, 0.2) is 42.5 Å². The first-order valence-electron chi connectivity index (χ1n) is 9.10. The summed E-state index contributed by atoms with van der Waals surface area (Å²) in [4.78, 5) is 11.8. The Labute approximate surface area is 171 Å². The lowest BCUT2D eigenvalue weighted by atomic mass is 10.1. The van der Waals surface area contributed by atoms with E-state index in [0.717, 1.165) is 36.6 Å². The van der Waals surface area contributed by atoms with E-state index in [2.05, 4.69) is 10.6 Å². The highest BCUT2D eigenvalue weighted by atomic mass is 32.1. The zero-order valence-corrected chi connectivity index (χ0v) is 17.2. The number of nitrogens with one attached hydrogen (secondary N) is 2. The van der Waals surface area contributed by atoms with Crippen LogP contribution >= 0.6 is 12.2 Å². The van der Waals surface area contributed by atoms with Crippen molar-refractivity contribution in [1.82, 2.24) is 5.32 Å². The van der Waals surface area contributed by atoms with Crippen molar-refractivity contribution in [1.29, 1.82) is 0 Å². The van der Waals surface area contributed by atoms with Crippen LogP contribution in [-0.4, -0.2) is 38.5 Å². The number of rotatable bonds is 9. The summed E-state index contributed by atoms with van der Waals surface area (Å²) >= 11 is 5.32. The van der Waals surface area contributed by atoms with Crippen molar-refractivity contribution in [3.05, 3.63) is 53.6 Å². The first-order chi connectivity index (χ1) is 13.6. The van der Waals surface area contributed by atoms with Crippen molar-refractivity contribution in [3.63, 3.8) is 0 Å². The highest BCUT2D eigenvalue weighted by Crippen LogP contribution is 2.27. The highest BCUT2D eigenvalue weighted by molar-refractivity contribution is 7.80. The molecule has 0 atom stereocenters. The van der Waals surface area contributed by atoms with Crippen LogP contribution < -0.4 is 20.1 Å². The molecular formula is C21H26N2O4S. The van der Waals surface area contributed by atoms with Gasteiger partial charge in [0.2, 0.25) is 0 Å². The summed E-state index contributed by atoms with van der Waals surface area (Å²) in [5, 5.41) is 6.77. The Bertz CT molecular complexity index is 811. The lowest BCUT2D eigenvalue weighted by molar-refractivity contribution is 0.0526. The second-order valence-corrected chi connectivity index (χ2v) is 6.38. The lowest BCUT2D eigenvalue weighted by Gasteiger charge is -2.12. The van der Waals surface area contributed by atoms with E-state index in [4.69, 9.17) is 26.4 Å². The molecule has 2 N–H and O–H groups in total. The number of ether oxygens (including phenoxy) is 3. The molecule has 0 saturated carbocycles. The monoisotopic (exact) mass is 402 g/mol. The van der Waals surface area contributed by atoms with Crippen molar-refractivity contribution in [2.45, 2.75) is 19.8 Å². The van der Waals surface area contributed by atoms with Crippen LogP contribution in [0.25, 0.3) is 0 Å². The summed E-state index contributed by atoms with van der Waals surface area (Å²) in [6.45, 7) is 2.84. The maximum atomic E-state index is 11.8. The third-order valence-electron chi connectivity index (χ3n) is 4.01. The molecule has 6 nitrogen and oxygen atoms in total. The zero-order valence-electron chi connectivity index (χ0n) is 16.4. The number of esters is 1. The Hall–Kier alpha value is -2.80. The minimum Gasteiger partial charge on any atom is -0.493 e. The second kappa shape index (κ2) is 11.1. The van der Waals surface area contributed by atoms with Crippen molar-refractivity contribution in [2.24, 2.45) is 0 Å². The molecule has 2 aromatic carbocycles. The number of carbonyl (C=O) groups is 1. The standard InChI is InChI=1S/C21H26N2O4S/c1-4-27-20(24)16-8-5-9-17(14-16)23-21(28)22-12-6-7-15-10-11-18(25-2)19(13-15)26-3/h5,8-11,13-14H,4,6-7,12H2,1-3H3,(H2,22,23,28). The molecule has 2 rings (SSSR count). The number of benzene rings is 2. The van der Waals surface area contributed by atoms with Gasteiger partial charge in [0.25, 0.3) is 0 Å². The van der Waals surface area contributed by atoms with E-state index in [1.807, 2.05) is 24.3 Å². The minimum atomic E-state index is -0.347. The summed E-state index contributed by atoms with van der Waals surface area (Å²) in [6.07, 6.45) is 1.79. The van der Waals surface area contributed by atoms with E-state index in [1.54, 1.807) is 39.3 Å². The van der Waals surface area contributed by atoms with E-state index < -0.39 is 0 Å². The molecule has 0 unspecified atom stereocenters. The van der Waals surface area contributed by atoms with Gasteiger partial charge < -0.3 is 24.8 Å². The first-order valence-corrected chi connectivity index (χ1v) is 9.51. The van der Waals surface area contributed by atoms with Crippen LogP contribution in [0.1, 0.15) is 29.3 Å². The molecule has 0 aromatic heterocycles. The summed E-state index contributed by atoms with van der Waals surface area (Å²) in [6, 6.07) is 13.0.